The van der Waals surface area contributed by atoms with E-state index in [9.17, 15) is 13.6 Å². The van der Waals surface area contributed by atoms with Crippen LogP contribution in [0.4, 0.5) is 5.69 Å². The number of hydrogen-bond donors (Lipinski definition) is 2. The number of aromatic hydroxyl groups is 1. The first-order valence-electron chi connectivity index (χ1n) is 3.57. The van der Waals surface area contributed by atoms with Gasteiger partial charge in [0.1, 0.15) is 0 Å². The van der Waals surface area contributed by atoms with Crippen LogP contribution in [0.1, 0.15) is 6.92 Å². The molecule has 0 heterocycles. The fourth-order valence-corrected chi connectivity index (χ4v) is 1.54. The zero-order valence-corrected chi connectivity index (χ0v) is 8.82. The number of anilines is 1. The molecule has 1 amide bonds. The van der Waals surface area contributed by atoms with Crippen LogP contribution in [-0.2, 0) is 8.53 Å². The third kappa shape index (κ3) is 2.67. The summed E-state index contributed by atoms with van der Waals surface area (Å²) >= 11 is -1.13. The second-order valence-electron chi connectivity index (χ2n) is 2.47. The zero-order valence-electron chi connectivity index (χ0n) is 6.94. The Hall–Kier alpha value is -1.15. The van der Waals surface area contributed by atoms with Crippen molar-refractivity contribution >= 4 is 31.6 Å². The molecule has 1 rings (SSSR count). The van der Waals surface area contributed by atoms with Gasteiger partial charge in [0.15, 0.2) is 0 Å². The van der Waals surface area contributed by atoms with Gasteiger partial charge in [-0.05, 0) is 0 Å². The average molecular weight is 241 g/mol. The van der Waals surface area contributed by atoms with E-state index in [1.165, 1.54) is 19.1 Å². The number of phenolic OH excluding ortho intramolecular Hbond substituents is 1. The number of benzene rings is 1. The van der Waals surface area contributed by atoms with Crippen LogP contribution in [0.25, 0.3) is 0 Å². The molecule has 0 radical (unpaired) electrons. The molecule has 0 fully saturated rings. The van der Waals surface area contributed by atoms with Gasteiger partial charge in [-0.25, -0.2) is 0 Å². The normalized spacial score (nSPS) is 9.92. The number of phenols is 1. The average Bonchev–Trinajstić information content (AvgIpc) is 2.08. The van der Waals surface area contributed by atoms with E-state index in [-0.39, 0.29) is 11.7 Å². The summed E-state index contributed by atoms with van der Waals surface area (Å²) in [5.74, 6) is -0.289. The van der Waals surface area contributed by atoms with Crippen molar-refractivity contribution in [2.75, 3.05) is 5.32 Å². The first-order chi connectivity index (χ1) is 6.13. The monoisotopic (exact) mass is 241 g/mol. The predicted molar refractivity (Wildman–Crippen MR) is 48.5 cm³/mol. The molecule has 4 nitrogen and oxygen atoms in total. The van der Waals surface area contributed by atoms with Gasteiger partial charge >= 0.3 is 81.5 Å². The minimum absolute atomic E-state index is 0.0198. The Morgan fingerprint density at radius 2 is 2.23 bits per heavy atom. The van der Waals surface area contributed by atoms with E-state index in [4.69, 9.17) is 0 Å². The molecule has 0 aliphatic carbocycles. The summed E-state index contributed by atoms with van der Waals surface area (Å²) in [6, 6.07) is 4.48. The third-order valence-corrected chi connectivity index (χ3v) is 2.42. The summed E-state index contributed by atoms with van der Waals surface area (Å²) in [4.78, 5) is 10.7. The summed E-state index contributed by atoms with van der Waals surface area (Å²) in [6.45, 7) is 1.34. The van der Waals surface area contributed by atoms with Crippen LogP contribution in [0.2, 0.25) is 0 Å². The minimum atomic E-state index is -1.13. The second-order valence-corrected chi connectivity index (χ2v) is 3.94. The van der Waals surface area contributed by atoms with E-state index in [0.29, 0.717) is 10.0 Å². The Kier molecular flexibility index (Phi) is 3.20. The molecule has 0 bridgehead atoms. The molecule has 0 spiro atoms. The second kappa shape index (κ2) is 4.19. The maximum absolute atomic E-state index is 10.7. The number of rotatable bonds is 2. The molecule has 0 saturated heterocycles. The van der Waals surface area contributed by atoms with E-state index in [2.05, 4.69) is 5.32 Å². The van der Waals surface area contributed by atoms with E-state index in [1.54, 1.807) is 6.07 Å². The Bertz CT molecular complexity index is 351. The first-order valence-corrected chi connectivity index (χ1v) is 5.28. The molecule has 0 saturated carbocycles. The fraction of sp³-hybridized carbons (Fsp3) is 0.125. The molecule has 1 aromatic rings. The Balaban J connectivity index is 3.03. The molecular weight excluding hydrogens is 233 g/mol. The summed E-state index contributed by atoms with van der Waals surface area (Å²) in [5, 5.41) is 11.7. The topological polar surface area (TPSA) is 66.4 Å². The molecule has 1 aromatic carbocycles. The van der Waals surface area contributed by atoms with Crippen LogP contribution < -0.4 is 9.67 Å². The Morgan fingerprint density at radius 1 is 1.54 bits per heavy atom. The molecule has 0 aliphatic heterocycles. The third-order valence-electron chi connectivity index (χ3n) is 1.40. The molecule has 0 aromatic heterocycles. The van der Waals surface area contributed by atoms with Gasteiger partial charge in [-0.3, -0.25) is 0 Å². The number of nitrogens with one attached hydrogen (secondary N) is 1. The van der Waals surface area contributed by atoms with Crippen LogP contribution >= 0.6 is 0 Å². The van der Waals surface area contributed by atoms with E-state index in [1.807, 2.05) is 0 Å². The summed E-state index contributed by atoms with van der Waals surface area (Å²) in [7, 11) is 0. The molecule has 5 heteroatoms. The van der Waals surface area contributed by atoms with Crippen molar-refractivity contribution in [3.05, 3.63) is 18.2 Å². The van der Waals surface area contributed by atoms with Gasteiger partial charge in [-0.1, -0.05) is 0 Å². The predicted octanol–water partition coefficient (Wildman–Crippen LogP) is 0.0256. The van der Waals surface area contributed by atoms with Crippen LogP contribution in [0.5, 0.6) is 5.75 Å². The van der Waals surface area contributed by atoms with Crippen molar-refractivity contribution in [3.8, 4) is 5.75 Å². The fourth-order valence-electron chi connectivity index (χ4n) is 0.871. The Labute approximate surface area is 81.9 Å². The molecule has 13 heavy (non-hydrogen) atoms. The summed E-state index contributed by atoms with van der Waals surface area (Å²) in [6.07, 6.45) is 0. The number of hydrogen-bond acceptors (Lipinski definition) is 3. The van der Waals surface area contributed by atoms with Crippen LogP contribution in [0.3, 0.4) is 0 Å². The number of carbonyl (C=O) groups excluding carboxylic acids is 1. The molecule has 0 unspecified atom stereocenters. The molecule has 0 aliphatic rings. The Morgan fingerprint density at radius 3 is 2.77 bits per heavy atom. The quantitative estimate of drug-likeness (QED) is 0.566. The molecular formula is C8H8AsNO3. The molecule has 68 valence electrons. The first kappa shape index (κ1) is 9.93. The SMILES string of the molecule is CC(=O)Nc1cc([As]=O)ccc1O. The van der Waals surface area contributed by atoms with Crippen molar-refractivity contribution in [2.24, 2.45) is 0 Å². The van der Waals surface area contributed by atoms with Gasteiger partial charge in [0.05, 0.1) is 0 Å². The van der Waals surface area contributed by atoms with Crippen molar-refractivity contribution in [3.63, 3.8) is 0 Å². The van der Waals surface area contributed by atoms with Gasteiger partial charge < -0.3 is 0 Å². The van der Waals surface area contributed by atoms with Crippen molar-refractivity contribution < 1.29 is 13.6 Å². The number of carbonyl (C=O) groups is 1. The van der Waals surface area contributed by atoms with Crippen LogP contribution in [0, 0.1) is 0 Å². The van der Waals surface area contributed by atoms with Crippen molar-refractivity contribution in [2.45, 2.75) is 6.92 Å². The van der Waals surface area contributed by atoms with E-state index < -0.39 is 15.7 Å². The summed E-state index contributed by atoms with van der Waals surface area (Å²) < 4.78 is 11.2. The number of amides is 1. The van der Waals surface area contributed by atoms with Crippen LogP contribution in [0.15, 0.2) is 18.2 Å². The maximum atomic E-state index is 10.7. The standard InChI is InChI=1S/C8H8AsNO3/c1-5(11)10-7-4-6(9-13)2-3-8(7)12/h2-4,12H,1H3,(H,10,11). The molecule has 2 N–H and O–H groups in total. The molecule has 0 atom stereocenters. The van der Waals surface area contributed by atoms with Crippen molar-refractivity contribution in [1.82, 2.24) is 0 Å². The van der Waals surface area contributed by atoms with E-state index >= 15 is 0 Å². The van der Waals surface area contributed by atoms with Crippen LogP contribution in [-0.4, -0.2) is 26.7 Å². The van der Waals surface area contributed by atoms with Gasteiger partial charge in [-0.15, -0.1) is 0 Å². The summed E-state index contributed by atoms with van der Waals surface area (Å²) in [5.41, 5.74) is 0.302. The van der Waals surface area contributed by atoms with Gasteiger partial charge in [0, 0.05) is 0 Å². The van der Waals surface area contributed by atoms with Gasteiger partial charge in [-0.2, -0.15) is 0 Å². The van der Waals surface area contributed by atoms with Gasteiger partial charge in [0.2, 0.25) is 0 Å². The van der Waals surface area contributed by atoms with E-state index in [0.717, 1.165) is 0 Å². The van der Waals surface area contributed by atoms with Gasteiger partial charge in [0.25, 0.3) is 0 Å². The van der Waals surface area contributed by atoms with Crippen molar-refractivity contribution in [1.29, 1.82) is 0 Å². The zero-order chi connectivity index (χ0) is 9.84.